The maximum Gasteiger partial charge on any atom is 0.188 e. The highest BCUT2D eigenvalue weighted by Gasteiger charge is 2.51. The van der Waals surface area contributed by atoms with Gasteiger partial charge in [-0.2, -0.15) is 0 Å². The van der Waals surface area contributed by atoms with Gasteiger partial charge in [-0.25, -0.2) is 4.98 Å². The summed E-state index contributed by atoms with van der Waals surface area (Å²) in [6, 6.07) is 58.8. The van der Waals surface area contributed by atoms with E-state index >= 15 is 4.57 Å². The SMILES string of the molecule is O=P(c1ccccc1)(c1ccccc1)c1cccc(-c2ccc3c(c2)C2(c4ccccc4-c4ccccc42)c2ccccc2-3)n1. The van der Waals surface area contributed by atoms with Crippen molar-refractivity contribution in [1.82, 2.24) is 4.98 Å². The summed E-state index contributed by atoms with van der Waals surface area (Å²) >= 11 is 0. The lowest BCUT2D eigenvalue weighted by Gasteiger charge is -2.30. The number of pyridine rings is 1. The minimum absolute atomic E-state index is 0.421. The minimum atomic E-state index is -3.21. The quantitative estimate of drug-likeness (QED) is 0.191. The zero-order valence-electron chi connectivity index (χ0n) is 24.5. The maximum atomic E-state index is 15.2. The van der Waals surface area contributed by atoms with Crippen molar-refractivity contribution in [1.29, 1.82) is 0 Å². The Hall–Kier alpha value is -5.30. The fourth-order valence-electron chi connectivity index (χ4n) is 7.70. The molecule has 0 aliphatic heterocycles. The molecule has 45 heavy (non-hydrogen) atoms. The normalized spacial score (nSPS) is 13.6. The average molecular weight is 594 g/mol. The van der Waals surface area contributed by atoms with Crippen molar-refractivity contribution < 1.29 is 4.57 Å². The van der Waals surface area contributed by atoms with Crippen LogP contribution in [0, 0.1) is 0 Å². The van der Waals surface area contributed by atoms with Gasteiger partial charge in [0.2, 0.25) is 0 Å². The van der Waals surface area contributed by atoms with Gasteiger partial charge in [0.15, 0.2) is 7.14 Å². The van der Waals surface area contributed by atoms with Crippen LogP contribution in [0.4, 0.5) is 0 Å². The fourth-order valence-corrected chi connectivity index (χ4v) is 10.3. The lowest BCUT2D eigenvalue weighted by Crippen LogP contribution is -2.27. The second-order valence-electron chi connectivity index (χ2n) is 11.8. The first-order valence-corrected chi connectivity index (χ1v) is 17.0. The Morgan fingerprint density at radius 3 is 1.42 bits per heavy atom. The number of aromatic nitrogens is 1. The Labute approximate surface area is 263 Å². The van der Waals surface area contributed by atoms with Crippen LogP contribution in [0.1, 0.15) is 22.3 Å². The van der Waals surface area contributed by atoms with E-state index in [1.54, 1.807) is 0 Å². The summed E-state index contributed by atoms with van der Waals surface area (Å²) in [5, 5.41) is 1.56. The van der Waals surface area contributed by atoms with Gasteiger partial charge in [-0.05, 0) is 62.7 Å². The van der Waals surface area contributed by atoms with Crippen molar-refractivity contribution in [2.24, 2.45) is 0 Å². The number of benzene rings is 6. The van der Waals surface area contributed by atoms with Gasteiger partial charge >= 0.3 is 0 Å². The minimum Gasteiger partial charge on any atom is -0.307 e. The van der Waals surface area contributed by atoms with Crippen molar-refractivity contribution >= 4 is 23.2 Å². The third-order valence-corrected chi connectivity index (χ3v) is 12.5. The number of nitrogens with zero attached hydrogens (tertiary/aromatic N) is 1. The van der Waals surface area contributed by atoms with E-state index in [4.69, 9.17) is 4.98 Å². The van der Waals surface area contributed by atoms with E-state index in [1.165, 1.54) is 44.5 Å². The molecule has 1 spiro atoms. The van der Waals surface area contributed by atoms with Gasteiger partial charge in [0.05, 0.1) is 11.1 Å². The summed E-state index contributed by atoms with van der Waals surface area (Å²) in [5.41, 5.74) is 12.3. The van der Waals surface area contributed by atoms with Crippen LogP contribution in [0.3, 0.4) is 0 Å². The molecule has 0 saturated carbocycles. The molecule has 6 aromatic carbocycles. The molecule has 212 valence electrons. The predicted molar refractivity (Wildman–Crippen MR) is 185 cm³/mol. The van der Waals surface area contributed by atoms with E-state index in [1.807, 2.05) is 78.9 Å². The van der Waals surface area contributed by atoms with Gasteiger partial charge in [0.25, 0.3) is 0 Å². The molecule has 7 aromatic rings. The fraction of sp³-hybridized carbons (Fsp3) is 0.0238. The molecule has 0 fully saturated rings. The molecular weight excluding hydrogens is 565 g/mol. The molecular formula is C42H28NOP. The second-order valence-corrected chi connectivity index (χ2v) is 14.5. The lowest BCUT2D eigenvalue weighted by atomic mass is 9.70. The van der Waals surface area contributed by atoms with Gasteiger partial charge in [-0.15, -0.1) is 0 Å². The number of fused-ring (bicyclic) bond motifs is 10. The van der Waals surface area contributed by atoms with Crippen molar-refractivity contribution in [3.05, 3.63) is 192 Å². The second kappa shape index (κ2) is 9.86. The molecule has 0 atom stereocenters. The van der Waals surface area contributed by atoms with Gasteiger partial charge in [0.1, 0.15) is 5.44 Å². The highest BCUT2D eigenvalue weighted by atomic mass is 31.2. The largest absolute Gasteiger partial charge is 0.307 e. The Bertz CT molecular complexity index is 2200. The monoisotopic (exact) mass is 593 g/mol. The summed E-state index contributed by atoms with van der Waals surface area (Å²) in [5.74, 6) is 0. The summed E-state index contributed by atoms with van der Waals surface area (Å²) in [4.78, 5) is 5.18. The van der Waals surface area contributed by atoms with E-state index in [2.05, 4.69) is 91.0 Å². The van der Waals surface area contributed by atoms with Gasteiger partial charge in [-0.1, -0.05) is 152 Å². The topological polar surface area (TPSA) is 30.0 Å². The third-order valence-electron chi connectivity index (χ3n) is 9.59. The zero-order chi connectivity index (χ0) is 30.0. The van der Waals surface area contributed by atoms with E-state index in [0.29, 0.717) is 5.44 Å². The van der Waals surface area contributed by atoms with Crippen LogP contribution in [0.25, 0.3) is 33.5 Å². The molecule has 0 N–H and O–H groups in total. The van der Waals surface area contributed by atoms with Crippen LogP contribution < -0.4 is 16.0 Å². The highest BCUT2D eigenvalue weighted by Crippen LogP contribution is 2.63. The summed E-state index contributed by atoms with van der Waals surface area (Å²) < 4.78 is 15.2. The maximum absolute atomic E-state index is 15.2. The molecule has 2 nitrogen and oxygen atoms in total. The molecule has 1 heterocycles. The summed E-state index contributed by atoms with van der Waals surface area (Å²) in [6.07, 6.45) is 0. The molecule has 2 aliphatic rings. The van der Waals surface area contributed by atoms with Crippen LogP contribution in [0.2, 0.25) is 0 Å². The summed E-state index contributed by atoms with van der Waals surface area (Å²) in [6.45, 7) is 0. The van der Waals surface area contributed by atoms with Crippen molar-refractivity contribution in [3.63, 3.8) is 0 Å². The first kappa shape index (κ1) is 26.1. The van der Waals surface area contributed by atoms with Crippen molar-refractivity contribution in [2.75, 3.05) is 0 Å². The van der Waals surface area contributed by atoms with Gasteiger partial charge in [0, 0.05) is 16.2 Å². The predicted octanol–water partition coefficient (Wildman–Crippen LogP) is 8.73. The van der Waals surface area contributed by atoms with Crippen LogP contribution in [-0.2, 0) is 9.98 Å². The third kappa shape index (κ3) is 3.58. The first-order chi connectivity index (χ1) is 22.2. The van der Waals surface area contributed by atoms with E-state index in [9.17, 15) is 0 Å². The van der Waals surface area contributed by atoms with Crippen molar-refractivity contribution in [3.8, 4) is 33.5 Å². The van der Waals surface area contributed by atoms with Gasteiger partial charge < -0.3 is 4.57 Å². The van der Waals surface area contributed by atoms with E-state index < -0.39 is 12.6 Å². The summed E-state index contributed by atoms with van der Waals surface area (Å²) in [7, 11) is -3.21. The molecule has 0 saturated heterocycles. The number of hydrogen-bond donors (Lipinski definition) is 0. The smallest absolute Gasteiger partial charge is 0.188 e. The molecule has 0 bridgehead atoms. The molecule has 9 rings (SSSR count). The average Bonchev–Trinajstić information content (AvgIpc) is 3.59. The molecule has 1 aromatic heterocycles. The molecule has 0 radical (unpaired) electrons. The van der Waals surface area contributed by atoms with Crippen LogP contribution in [0.5, 0.6) is 0 Å². The van der Waals surface area contributed by atoms with E-state index in [0.717, 1.165) is 21.9 Å². The van der Waals surface area contributed by atoms with Crippen molar-refractivity contribution in [2.45, 2.75) is 5.41 Å². The molecule has 2 aliphatic carbocycles. The first-order valence-electron chi connectivity index (χ1n) is 15.3. The van der Waals surface area contributed by atoms with E-state index in [-0.39, 0.29) is 0 Å². The Kier molecular flexibility index (Phi) is 5.72. The Morgan fingerprint density at radius 2 is 0.889 bits per heavy atom. The molecule has 0 amide bonds. The van der Waals surface area contributed by atoms with Crippen LogP contribution in [0.15, 0.2) is 170 Å². The lowest BCUT2D eigenvalue weighted by molar-refractivity contribution is 0.592. The molecule has 0 unspecified atom stereocenters. The zero-order valence-corrected chi connectivity index (χ0v) is 25.4. The molecule has 3 heteroatoms. The van der Waals surface area contributed by atoms with Crippen LogP contribution >= 0.6 is 7.14 Å². The highest BCUT2D eigenvalue weighted by molar-refractivity contribution is 7.85. The van der Waals surface area contributed by atoms with Gasteiger partial charge in [-0.3, -0.25) is 0 Å². The van der Waals surface area contributed by atoms with Crippen LogP contribution in [-0.4, -0.2) is 4.98 Å². The Balaban J connectivity index is 1.28. The number of rotatable bonds is 4. The number of hydrogen-bond acceptors (Lipinski definition) is 2. The Morgan fingerprint density at radius 1 is 0.422 bits per heavy atom. The standard InChI is InChI=1S/C42H28NOP/c44-45(30-14-3-1-4-15-30,31-16-5-2-6-17-31)41-25-13-24-40(43-41)29-26-27-35-34-20-9-12-23-38(34)42(39(35)28-29)36-21-10-7-18-32(36)33-19-8-11-22-37(33)42/h1-28H.